The summed E-state index contributed by atoms with van der Waals surface area (Å²) in [6.45, 7) is 18.0. The summed E-state index contributed by atoms with van der Waals surface area (Å²) in [5.41, 5.74) is 3.17. The molecule has 0 radical (unpaired) electrons. The summed E-state index contributed by atoms with van der Waals surface area (Å²) in [6.07, 6.45) is 13.7. The van der Waals surface area contributed by atoms with Crippen molar-refractivity contribution < 1.29 is 10.2 Å². The van der Waals surface area contributed by atoms with Crippen molar-refractivity contribution in [3.8, 4) is 0 Å². The van der Waals surface area contributed by atoms with Crippen LogP contribution in [-0.4, -0.2) is 22.9 Å². The van der Waals surface area contributed by atoms with E-state index in [0.29, 0.717) is 52.4 Å². The third-order valence-electron chi connectivity index (χ3n) is 13.4. The molecule has 5 aliphatic carbocycles. The summed E-state index contributed by atoms with van der Waals surface area (Å²) in [7, 11) is 0. The van der Waals surface area contributed by atoms with Crippen molar-refractivity contribution >= 4 is 0 Å². The maximum atomic E-state index is 10.9. The summed E-state index contributed by atoms with van der Waals surface area (Å²) >= 11 is 0. The van der Waals surface area contributed by atoms with Gasteiger partial charge in [-0.15, -0.1) is 0 Å². The molecule has 0 aromatic carbocycles. The molecule has 0 amide bonds. The normalized spacial score (nSPS) is 56.8. The van der Waals surface area contributed by atoms with Gasteiger partial charge in [0, 0.05) is 6.61 Å². The molecule has 2 N–H and O–H groups in total. The Bertz CT molecular complexity index is 799. The Morgan fingerprint density at radius 2 is 1.59 bits per heavy atom. The molecular weight excluding hydrogens is 392 g/mol. The molecule has 32 heavy (non-hydrogen) atoms. The van der Waals surface area contributed by atoms with E-state index in [1.54, 1.807) is 5.57 Å². The number of aliphatic hydroxyl groups is 2. The first kappa shape index (κ1) is 23.4. The Kier molecular flexibility index (Phi) is 5.19. The molecule has 0 spiro atoms. The van der Waals surface area contributed by atoms with E-state index in [2.05, 4.69) is 54.5 Å². The van der Waals surface area contributed by atoms with Crippen LogP contribution in [0.25, 0.3) is 0 Å². The Hall–Kier alpha value is -0.340. The molecule has 10 unspecified atom stereocenters. The zero-order valence-corrected chi connectivity index (χ0v) is 22.0. The van der Waals surface area contributed by atoms with E-state index in [9.17, 15) is 10.2 Å². The summed E-state index contributed by atoms with van der Waals surface area (Å²) in [5, 5.41) is 21.0. The highest BCUT2D eigenvalue weighted by Gasteiger charge is 2.68. The number of rotatable bonds is 1. The molecule has 0 aromatic heterocycles. The molecular formula is C30H50O2. The Balaban J connectivity index is 1.58. The van der Waals surface area contributed by atoms with Gasteiger partial charge in [0.15, 0.2) is 0 Å². The minimum atomic E-state index is -0.149. The van der Waals surface area contributed by atoms with Crippen LogP contribution in [0.1, 0.15) is 106 Å². The van der Waals surface area contributed by atoms with E-state index in [0.717, 1.165) is 6.42 Å². The van der Waals surface area contributed by atoms with Crippen LogP contribution in [0.4, 0.5) is 0 Å². The molecule has 4 saturated carbocycles. The summed E-state index contributed by atoms with van der Waals surface area (Å²) in [4.78, 5) is 0. The maximum absolute atomic E-state index is 10.9. The van der Waals surface area contributed by atoms with Crippen molar-refractivity contribution in [1.29, 1.82) is 0 Å². The molecule has 5 rings (SSSR count). The molecule has 5 aliphatic rings. The third-order valence-corrected chi connectivity index (χ3v) is 13.4. The van der Waals surface area contributed by atoms with E-state index in [-0.39, 0.29) is 16.9 Å². The van der Waals surface area contributed by atoms with Crippen molar-refractivity contribution in [1.82, 2.24) is 0 Å². The molecule has 0 aliphatic heterocycles. The average molecular weight is 443 g/mol. The third kappa shape index (κ3) is 2.72. The van der Waals surface area contributed by atoms with Gasteiger partial charge in [0.25, 0.3) is 0 Å². The monoisotopic (exact) mass is 442 g/mol. The zero-order chi connectivity index (χ0) is 23.3. The Morgan fingerprint density at radius 1 is 0.875 bits per heavy atom. The lowest BCUT2D eigenvalue weighted by Crippen LogP contribution is -2.64. The van der Waals surface area contributed by atoms with Crippen LogP contribution < -0.4 is 0 Å². The van der Waals surface area contributed by atoms with Gasteiger partial charge in [0.1, 0.15) is 0 Å². The molecule has 182 valence electrons. The van der Waals surface area contributed by atoms with Gasteiger partial charge in [-0.3, -0.25) is 0 Å². The fraction of sp³-hybridized carbons (Fsp3) is 0.933. The Morgan fingerprint density at radius 3 is 2.28 bits per heavy atom. The summed E-state index contributed by atoms with van der Waals surface area (Å²) in [5.74, 6) is 3.03. The SMILES string of the molecule is CC1C(CO)CCC2(C)CCC3(C)C(=CCC4C5(C)CCC(O)C(C)(C)C5CCC43C)C12. The highest BCUT2D eigenvalue weighted by molar-refractivity contribution is 5.33. The number of aliphatic hydroxyl groups excluding tert-OH is 2. The molecule has 0 heterocycles. The van der Waals surface area contributed by atoms with Crippen molar-refractivity contribution in [2.45, 2.75) is 112 Å². The van der Waals surface area contributed by atoms with Gasteiger partial charge in [-0.1, -0.05) is 60.1 Å². The fourth-order valence-electron chi connectivity index (χ4n) is 11.0. The minimum absolute atomic E-state index is 0.0244. The van der Waals surface area contributed by atoms with Gasteiger partial charge < -0.3 is 10.2 Å². The minimum Gasteiger partial charge on any atom is -0.396 e. The van der Waals surface area contributed by atoms with Crippen LogP contribution in [0, 0.1) is 56.7 Å². The summed E-state index contributed by atoms with van der Waals surface area (Å²) in [6, 6.07) is 0. The fourth-order valence-corrected chi connectivity index (χ4v) is 11.0. The van der Waals surface area contributed by atoms with Crippen LogP contribution in [-0.2, 0) is 0 Å². The van der Waals surface area contributed by atoms with Crippen LogP contribution in [0.15, 0.2) is 11.6 Å². The number of fused-ring (bicyclic) bond motifs is 7. The van der Waals surface area contributed by atoms with E-state index < -0.39 is 0 Å². The quantitative estimate of drug-likeness (QED) is 0.429. The van der Waals surface area contributed by atoms with Gasteiger partial charge in [0.05, 0.1) is 6.10 Å². The van der Waals surface area contributed by atoms with Crippen molar-refractivity contribution in [3.05, 3.63) is 11.6 Å². The van der Waals surface area contributed by atoms with Gasteiger partial charge in [-0.2, -0.15) is 0 Å². The van der Waals surface area contributed by atoms with Gasteiger partial charge in [-0.05, 0) is 114 Å². The first-order chi connectivity index (χ1) is 14.8. The predicted molar refractivity (Wildman–Crippen MR) is 132 cm³/mol. The van der Waals surface area contributed by atoms with Crippen LogP contribution in [0.3, 0.4) is 0 Å². The second-order valence-electron chi connectivity index (χ2n) is 14.6. The van der Waals surface area contributed by atoms with Crippen LogP contribution >= 0.6 is 0 Å². The molecule has 0 aromatic rings. The average Bonchev–Trinajstić information content (AvgIpc) is 2.72. The number of hydrogen-bond donors (Lipinski definition) is 2. The molecule has 0 saturated heterocycles. The van der Waals surface area contributed by atoms with Gasteiger partial charge >= 0.3 is 0 Å². The number of allylic oxidation sites excluding steroid dienone is 2. The lowest BCUT2D eigenvalue weighted by molar-refractivity contribution is -0.204. The zero-order valence-electron chi connectivity index (χ0n) is 22.0. The van der Waals surface area contributed by atoms with Crippen molar-refractivity contribution in [2.75, 3.05) is 6.61 Å². The topological polar surface area (TPSA) is 40.5 Å². The molecule has 0 bridgehead atoms. The largest absolute Gasteiger partial charge is 0.396 e. The van der Waals surface area contributed by atoms with E-state index in [4.69, 9.17) is 0 Å². The van der Waals surface area contributed by atoms with Crippen LogP contribution in [0.2, 0.25) is 0 Å². The highest BCUT2D eigenvalue weighted by Crippen LogP contribution is 2.75. The molecule has 2 nitrogen and oxygen atoms in total. The lowest BCUT2D eigenvalue weighted by Gasteiger charge is -2.71. The van der Waals surface area contributed by atoms with E-state index in [1.807, 2.05) is 0 Å². The second kappa shape index (κ2) is 7.09. The predicted octanol–water partition coefficient (Wildman–Crippen LogP) is 7.00. The summed E-state index contributed by atoms with van der Waals surface area (Å²) < 4.78 is 0. The lowest BCUT2D eigenvalue weighted by atomic mass is 9.33. The van der Waals surface area contributed by atoms with Crippen LogP contribution in [0.5, 0.6) is 0 Å². The van der Waals surface area contributed by atoms with E-state index in [1.165, 1.54) is 51.4 Å². The molecule has 10 atom stereocenters. The van der Waals surface area contributed by atoms with Gasteiger partial charge in [0.2, 0.25) is 0 Å². The van der Waals surface area contributed by atoms with Crippen molar-refractivity contribution in [3.63, 3.8) is 0 Å². The van der Waals surface area contributed by atoms with Crippen molar-refractivity contribution in [2.24, 2.45) is 56.7 Å². The maximum Gasteiger partial charge on any atom is 0.0594 e. The first-order valence-electron chi connectivity index (χ1n) is 13.8. The smallest absolute Gasteiger partial charge is 0.0594 e. The second-order valence-corrected chi connectivity index (χ2v) is 14.6. The first-order valence-corrected chi connectivity index (χ1v) is 13.8. The Labute approximate surface area is 197 Å². The standard InChI is InChI=1S/C30H50O2/c1-19-20(18-31)10-13-27(4)16-17-29(6)21(25(19)27)8-9-23-28(5)14-12-24(32)26(2,3)22(28)11-15-30(23,29)7/h8,19-20,22-25,31-32H,9-18H2,1-7H3. The molecule has 2 heteroatoms. The highest BCUT2D eigenvalue weighted by atomic mass is 16.3. The number of hydrogen-bond acceptors (Lipinski definition) is 2. The van der Waals surface area contributed by atoms with E-state index >= 15 is 0 Å². The molecule has 4 fully saturated rings. The van der Waals surface area contributed by atoms with Gasteiger partial charge in [-0.25, -0.2) is 0 Å².